The van der Waals surface area contributed by atoms with Crippen molar-refractivity contribution < 1.29 is 14.5 Å². The van der Waals surface area contributed by atoms with E-state index < -0.39 is 4.92 Å². The topological polar surface area (TPSA) is 75.9 Å². The zero-order chi connectivity index (χ0) is 18.7. The summed E-state index contributed by atoms with van der Waals surface area (Å²) in [6.45, 7) is 4.68. The van der Waals surface area contributed by atoms with E-state index in [4.69, 9.17) is 16.3 Å². The summed E-state index contributed by atoms with van der Waals surface area (Å²) in [4.78, 5) is 27.3. The van der Waals surface area contributed by atoms with Gasteiger partial charge in [0, 0.05) is 62.0 Å². The number of ether oxygens (including phenoxy) is 1. The van der Waals surface area contributed by atoms with Gasteiger partial charge in [0.05, 0.1) is 11.5 Å². The maximum absolute atomic E-state index is 12.7. The van der Waals surface area contributed by atoms with Crippen molar-refractivity contribution >= 4 is 23.2 Å². The van der Waals surface area contributed by atoms with E-state index in [0.717, 1.165) is 52.1 Å². The van der Waals surface area contributed by atoms with Gasteiger partial charge < -0.3 is 14.5 Å². The molecule has 3 rings (SSSR count). The van der Waals surface area contributed by atoms with Crippen LogP contribution >= 0.6 is 11.6 Å². The molecule has 2 fully saturated rings. The fourth-order valence-electron chi connectivity index (χ4n) is 3.75. The highest BCUT2D eigenvalue weighted by Gasteiger charge is 2.28. The molecule has 2 saturated heterocycles. The van der Waals surface area contributed by atoms with Crippen molar-refractivity contribution in [2.75, 3.05) is 39.9 Å². The molecular formula is C18H24ClN3O4. The summed E-state index contributed by atoms with van der Waals surface area (Å²) in [5, 5.41) is 11.2. The van der Waals surface area contributed by atoms with Gasteiger partial charge in [-0.2, -0.15) is 0 Å². The summed E-state index contributed by atoms with van der Waals surface area (Å²) < 4.78 is 5.44. The van der Waals surface area contributed by atoms with Crippen LogP contribution in [0.5, 0.6) is 0 Å². The van der Waals surface area contributed by atoms with Gasteiger partial charge in [-0.1, -0.05) is 11.6 Å². The maximum Gasteiger partial charge on any atom is 0.271 e. The summed E-state index contributed by atoms with van der Waals surface area (Å²) in [5.41, 5.74) is 0.0973. The predicted octanol–water partition coefficient (Wildman–Crippen LogP) is 2.82. The second-order valence-corrected chi connectivity index (χ2v) is 7.57. The molecule has 26 heavy (non-hydrogen) atoms. The first-order chi connectivity index (χ1) is 12.4. The standard InChI is InChI=1S/C18H24ClN3O4/c1-20(18(23)14-8-15(19)10-17(9-14)22(24)25)16-2-5-21(6-3-16)11-13-4-7-26-12-13/h8-10,13,16H,2-7,11-12H2,1H3/t13-/m0/s1. The number of non-ortho nitro benzene ring substituents is 1. The van der Waals surface area contributed by atoms with Crippen molar-refractivity contribution in [3.8, 4) is 0 Å². The number of nitrogens with zero attached hydrogens (tertiary/aromatic N) is 3. The van der Waals surface area contributed by atoms with Gasteiger partial charge in [-0.05, 0) is 31.2 Å². The minimum atomic E-state index is -0.534. The Balaban J connectivity index is 1.58. The number of amides is 1. The Morgan fingerprint density at radius 2 is 2.08 bits per heavy atom. The molecule has 0 aliphatic carbocycles. The molecule has 142 valence electrons. The monoisotopic (exact) mass is 381 g/mol. The van der Waals surface area contributed by atoms with E-state index >= 15 is 0 Å². The van der Waals surface area contributed by atoms with Crippen LogP contribution in [0.3, 0.4) is 0 Å². The first kappa shape index (κ1) is 19.1. The number of likely N-dealkylation sites (tertiary alicyclic amines) is 1. The van der Waals surface area contributed by atoms with Crippen molar-refractivity contribution in [3.63, 3.8) is 0 Å². The normalized spacial score (nSPS) is 21.7. The van der Waals surface area contributed by atoms with E-state index in [1.54, 1.807) is 11.9 Å². The molecule has 7 nitrogen and oxygen atoms in total. The number of rotatable bonds is 5. The van der Waals surface area contributed by atoms with Crippen LogP contribution in [0.1, 0.15) is 29.6 Å². The lowest BCUT2D eigenvalue weighted by Gasteiger charge is -2.37. The SMILES string of the molecule is CN(C(=O)c1cc(Cl)cc([N+](=O)[O-])c1)C1CCN(C[C@@H]2CCOC2)CC1. The average Bonchev–Trinajstić information content (AvgIpc) is 3.13. The molecule has 8 heteroatoms. The Kier molecular flexibility index (Phi) is 6.11. The minimum Gasteiger partial charge on any atom is -0.381 e. The Labute approximate surface area is 158 Å². The van der Waals surface area contributed by atoms with Gasteiger partial charge in [-0.15, -0.1) is 0 Å². The molecular weight excluding hydrogens is 358 g/mol. The molecule has 1 aromatic rings. The smallest absolute Gasteiger partial charge is 0.271 e. The number of hydrogen-bond acceptors (Lipinski definition) is 5. The van der Waals surface area contributed by atoms with E-state index in [2.05, 4.69) is 4.90 Å². The van der Waals surface area contributed by atoms with Gasteiger partial charge in [0.15, 0.2) is 0 Å². The third-order valence-corrected chi connectivity index (χ3v) is 5.52. The number of halogens is 1. The second kappa shape index (κ2) is 8.33. The molecule has 0 aromatic heterocycles. The van der Waals surface area contributed by atoms with Crippen molar-refractivity contribution in [1.29, 1.82) is 0 Å². The quantitative estimate of drug-likeness (QED) is 0.579. The summed E-state index contributed by atoms with van der Waals surface area (Å²) in [6, 6.07) is 4.17. The van der Waals surface area contributed by atoms with E-state index in [1.165, 1.54) is 18.2 Å². The third kappa shape index (κ3) is 4.52. The van der Waals surface area contributed by atoms with Crippen LogP contribution in [0, 0.1) is 16.0 Å². The molecule has 0 radical (unpaired) electrons. The van der Waals surface area contributed by atoms with Crippen LogP contribution in [0.15, 0.2) is 18.2 Å². The Morgan fingerprint density at radius 1 is 1.35 bits per heavy atom. The van der Waals surface area contributed by atoms with Crippen LogP contribution in [-0.4, -0.2) is 66.6 Å². The molecule has 2 aliphatic rings. The Hall–Kier alpha value is -1.70. The van der Waals surface area contributed by atoms with Gasteiger partial charge in [0.2, 0.25) is 0 Å². The highest BCUT2D eigenvalue weighted by atomic mass is 35.5. The number of piperidine rings is 1. The molecule has 0 N–H and O–H groups in total. The fraction of sp³-hybridized carbons (Fsp3) is 0.611. The molecule has 1 atom stereocenters. The van der Waals surface area contributed by atoms with Gasteiger partial charge in [-0.25, -0.2) is 0 Å². The number of nitro groups is 1. The number of benzene rings is 1. The van der Waals surface area contributed by atoms with Crippen molar-refractivity contribution in [2.45, 2.75) is 25.3 Å². The number of carbonyl (C=O) groups is 1. The molecule has 0 saturated carbocycles. The van der Waals surface area contributed by atoms with E-state index in [1.807, 2.05) is 0 Å². The first-order valence-corrected chi connectivity index (χ1v) is 9.34. The maximum atomic E-state index is 12.7. The summed E-state index contributed by atoms with van der Waals surface area (Å²) in [5.74, 6) is 0.399. The van der Waals surface area contributed by atoms with Gasteiger partial charge in [0.1, 0.15) is 0 Å². The molecule has 2 heterocycles. The minimum absolute atomic E-state index is 0.136. The lowest BCUT2D eigenvalue weighted by molar-refractivity contribution is -0.384. The first-order valence-electron chi connectivity index (χ1n) is 8.96. The summed E-state index contributed by atoms with van der Waals surface area (Å²) in [7, 11) is 1.76. The van der Waals surface area contributed by atoms with Crippen molar-refractivity contribution in [2.24, 2.45) is 5.92 Å². The second-order valence-electron chi connectivity index (χ2n) is 7.13. The van der Waals surface area contributed by atoms with Gasteiger partial charge >= 0.3 is 0 Å². The highest BCUT2D eigenvalue weighted by molar-refractivity contribution is 6.31. The van der Waals surface area contributed by atoms with Crippen LogP contribution in [0.4, 0.5) is 5.69 Å². The Bertz CT molecular complexity index is 670. The zero-order valence-electron chi connectivity index (χ0n) is 14.9. The highest BCUT2D eigenvalue weighted by Crippen LogP contribution is 2.24. The molecule has 1 aromatic carbocycles. The third-order valence-electron chi connectivity index (χ3n) is 5.31. The van der Waals surface area contributed by atoms with Crippen LogP contribution < -0.4 is 0 Å². The van der Waals surface area contributed by atoms with Gasteiger partial charge in [-0.3, -0.25) is 14.9 Å². The lowest BCUT2D eigenvalue weighted by Crippen LogP contribution is -2.46. The number of hydrogen-bond donors (Lipinski definition) is 0. The molecule has 0 spiro atoms. The van der Waals surface area contributed by atoms with E-state index in [9.17, 15) is 14.9 Å². The zero-order valence-corrected chi connectivity index (χ0v) is 15.7. The van der Waals surface area contributed by atoms with E-state index in [0.29, 0.717) is 5.92 Å². The average molecular weight is 382 g/mol. The van der Waals surface area contributed by atoms with Crippen LogP contribution in [0.25, 0.3) is 0 Å². The molecule has 0 unspecified atom stereocenters. The Morgan fingerprint density at radius 3 is 2.69 bits per heavy atom. The number of carbonyl (C=O) groups excluding carboxylic acids is 1. The van der Waals surface area contributed by atoms with Crippen LogP contribution in [0.2, 0.25) is 5.02 Å². The van der Waals surface area contributed by atoms with Gasteiger partial charge in [0.25, 0.3) is 11.6 Å². The fourth-order valence-corrected chi connectivity index (χ4v) is 3.98. The van der Waals surface area contributed by atoms with E-state index in [-0.39, 0.29) is 28.2 Å². The summed E-state index contributed by atoms with van der Waals surface area (Å²) >= 11 is 5.94. The molecule has 2 aliphatic heterocycles. The molecule has 1 amide bonds. The van der Waals surface area contributed by atoms with Crippen molar-refractivity contribution in [1.82, 2.24) is 9.80 Å². The van der Waals surface area contributed by atoms with Crippen molar-refractivity contribution in [3.05, 3.63) is 38.9 Å². The summed E-state index contributed by atoms with van der Waals surface area (Å²) in [6.07, 6.45) is 2.93. The largest absolute Gasteiger partial charge is 0.381 e. The van der Waals surface area contributed by atoms with Crippen LogP contribution in [-0.2, 0) is 4.74 Å². The molecule has 0 bridgehead atoms. The lowest BCUT2D eigenvalue weighted by atomic mass is 10.0. The number of nitro benzene ring substituents is 1. The predicted molar refractivity (Wildman–Crippen MR) is 98.6 cm³/mol.